The molecule has 4 rings (SSSR count). The number of ketones is 2. The van der Waals surface area contributed by atoms with E-state index >= 15 is 0 Å². The highest BCUT2D eigenvalue weighted by Crippen LogP contribution is 2.36. The van der Waals surface area contributed by atoms with Crippen LogP contribution in [-0.4, -0.2) is 17.5 Å². The molecule has 0 fully saturated rings. The van der Waals surface area contributed by atoms with E-state index in [2.05, 4.69) is 0 Å². The Bertz CT molecular complexity index is 1050. The van der Waals surface area contributed by atoms with Crippen molar-refractivity contribution in [2.75, 3.05) is 4.90 Å². The van der Waals surface area contributed by atoms with Gasteiger partial charge in [0, 0.05) is 29.3 Å². The third kappa shape index (κ3) is 2.35. The highest BCUT2D eigenvalue weighted by molar-refractivity contribution is 6.31. The zero-order chi connectivity index (χ0) is 18.3. The molecule has 1 aliphatic rings. The molecule has 3 aromatic rings. The molecule has 0 radical (unpaired) electrons. The van der Waals surface area contributed by atoms with E-state index in [-0.39, 0.29) is 23.0 Å². The normalized spacial score (nSPS) is 12.3. The van der Waals surface area contributed by atoms with Gasteiger partial charge in [0.05, 0.1) is 11.3 Å². The van der Waals surface area contributed by atoms with E-state index in [0.717, 1.165) is 0 Å². The molecule has 0 spiro atoms. The van der Waals surface area contributed by atoms with Crippen LogP contribution in [0, 0.1) is 0 Å². The summed E-state index contributed by atoms with van der Waals surface area (Å²) in [6.07, 6.45) is 0. The van der Waals surface area contributed by atoms with Crippen LogP contribution in [-0.2, 0) is 4.79 Å². The SMILES string of the molecule is CC(=O)N(c1ccccc1)c1cccc2c1C(=O)c1ccccc1C2=O. The largest absolute Gasteiger partial charge is 0.289 e. The summed E-state index contributed by atoms with van der Waals surface area (Å²) < 4.78 is 0. The van der Waals surface area contributed by atoms with Crippen LogP contribution < -0.4 is 4.90 Å². The summed E-state index contributed by atoms with van der Waals surface area (Å²) >= 11 is 0. The molecule has 3 aromatic carbocycles. The summed E-state index contributed by atoms with van der Waals surface area (Å²) in [6.45, 7) is 1.44. The Labute approximate surface area is 150 Å². The van der Waals surface area contributed by atoms with Gasteiger partial charge in [-0.15, -0.1) is 0 Å². The lowest BCUT2D eigenvalue weighted by atomic mass is 9.83. The smallest absolute Gasteiger partial charge is 0.228 e. The predicted octanol–water partition coefficient (Wildman–Crippen LogP) is 4.15. The van der Waals surface area contributed by atoms with E-state index in [1.165, 1.54) is 11.8 Å². The standard InChI is InChI=1S/C22H15NO3/c1-14(24)23(15-8-3-2-4-9-15)19-13-7-12-18-20(19)22(26)17-11-6-5-10-16(17)21(18)25/h2-13H,1H3. The maximum atomic E-state index is 13.1. The Morgan fingerprint density at radius 3 is 1.92 bits per heavy atom. The Hall–Kier alpha value is -3.53. The first-order valence-electron chi connectivity index (χ1n) is 8.27. The summed E-state index contributed by atoms with van der Waals surface area (Å²) in [5.41, 5.74) is 2.44. The molecular weight excluding hydrogens is 326 g/mol. The van der Waals surface area contributed by atoms with Crippen molar-refractivity contribution in [3.63, 3.8) is 0 Å². The highest BCUT2D eigenvalue weighted by Gasteiger charge is 2.33. The van der Waals surface area contributed by atoms with Crippen molar-refractivity contribution in [2.24, 2.45) is 0 Å². The fraction of sp³-hybridized carbons (Fsp3) is 0.0455. The van der Waals surface area contributed by atoms with Crippen LogP contribution in [0.1, 0.15) is 38.8 Å². The molecule has 0 unspecified atom stereocenters. The first kappa shape index (κ1) is 16.0. The first-order valence-corrected chi connectivity index (χ1v) is 8.27. The van der Waals surface area contributed by atoms with Crippen molar-refractivity contribution in [3.8, 4) is 0 Å². The van der Waals surface area contributed by atoms with Gasteiger partial charge in [-0.05, 0) is 18.2 Å². The number of anilines is 2. The van der Waals surface area contributed by atoms with Crippen LogP contribution in [0.3, 0.4) is 0 Å². The topological polar surface area (TPSA) is 54.5 Å². The van der Waals surface area contributed by atoms with Crippen molar-refractivity contribution in [1.82, 2.24) is 0 Å². The molecule has 1 aliphatic carbocycles. The van der Waals surface area contributed by atoms with Crippen molar-refractivity contribution in [1.29, 1.82) is 0 Å². The molecule has 0 bridgehead atoms. The molecule has 126 valence electrons. The van der Waals surface area contributed by atoms with E-state index in [9.17, 15) is 14.4 Å². The molecule has 0 saturated carbocycles. The summed E-state index contributed by atoms with van der Waals surface area (Å²) in [7, 11) is 0. The maximum Gasteiger partial charge on any atom is 0.228 e. The summed E-state index contributed by atoms with van der Waals surface area (Å²) in [4.78, 5) is 39.9. The molecule has 0 saturated heterocycles. The third-order valence-electron chi connectivity index (χ3n) is 4.50. The number of hydrogen-bond donors (Lipinski definition) is 0. The summed E-state index contributed by atoms with van der Waals surface area (Å²) in [5.74, 6) is -0.676. The van der Waals surface area contributed by atoms with E-state index in [0.29, 0.717) is 28.1 Å². The summed E-state index contributed by atoms with van der Waals surface area (Å²) in [5, 5.41) is 0. The third-order valence-corrected chi connectivity index (χ3v) is 4.50. The van der Waals surface area contributed by atoms with Gasteiger partial charge in [0.1, 0.15) is 0 Å². The van der Waals surface area contributed by atoms with Gasteiger partial charge in [-0.2, -0.15) is 0 Å². The predicted molar refractivity (Wildman–Crippen MR) is 99.0 cm³/mol. The second-order valence-corrected chi connectivity index (χ2v) is 6.09. The lowest BCUT2D eigenvalue weighted by molar-refractivity contribution is -0.115. The minimum atomic E-state index is -0.243. The highest BCUT2D eigenvalue weighted by atomic mass is 16.2. The van der Waals surface area contributed by atoms with Gasteiger partial charge in [0.25, 0.3) is 0 Å². The van der Waals surface area contributed by atoms with Gasteiger partial charge in [-0.1, -0.05) is 54.6 Å². The number of amides is 1. The number of nitrogens with zero attached hydrogens (tertiary/aromatic N) is 1. The fourth-order valence-electron chi connectivity index (χ4n) is 3.38. The molecule has 1 amide bonds. The molecule has 0 atom stereocenters. The Kier molecular flexibility index (Phi) is 3.73. The van der Waals surface area contributed by atoms with Crippen LogP contribution in [0.5, 0.6) is 0 Å². The van der Waals surface area contributed by atoms with Crippen molar-refractivity contribution < 1.29 is 14.4 Å². The zero-order valence-electron chi connectivity index (χ0n) is 14.1. The van der Waals surface area contributed by atoms with Gasteiger partial charge < -0.3 is 0 Å². The van der Waals surface area contributed by atoms with Crippen molar-refractivity contribution >= 4 is 28.8 Å². The number of benzene rings is 3. The van der Waals surface area contributed by atoms with E-state index in [1.807, 2.05) is 18.2 Å². The monoisotopic (exact) mass is 341 g/mol. The molecule has 0 aliphatic heterocycles. The number of carbonyl (C=O) groups is 3. The molecular formula is C22H15NO3. The van der Waals surface area contributed by atoms with Crippen LogP contribution in [0.2, 0.25) is 0 Å². The Balaban J connectivity index is 1.97. The molecule has 4 nitrogen and oxygen atoms in total. The minimum Gasteiger partial charge on any atom is -0.289 e. The van der Waals surface area contributed by atoms with E-state index in [1.54, 1.807) is 54.6 Å². The number of para-hydroxylation sites is 1. The average Bonchev–Trinajstić information content (AvgIpc) is 2.67. The second kappa shape index (κ2) is 6.08. The molecule has 0 aromatic heterocycles. The number of hydrogen-bond acceptors (Lipinski definition) is 3. The van der Waals surface area contributed by atoms with Crippen LogP contribution in [0.15, 0.2) is 72.8 Å². The van der Waals surface area contributed by atoms with Crippen molar-refractivity contribution in [3.05, 3.63) is 95.1 Å². The maximum absolute atomic E-state index is 13.1. The first-order chi connectivity index (χ1) is 12.6. The lowest BCUT2D eigenvalue weighted by Gasteiger charge is -2.27. The van der Waals surface area contributed by atoms with Gasteiger partial charge >= 0.3 is 0 Å². The van der Waals surface area contributed by atoms with E-state index in [4.69, 9.17) is 0 Å². The van der Waals surface area contributed by atoms with E-state index < -0.39 is 0 Å². The number of rotatable bonds is 2. The minimum absolute atomic E-state index is 0.200. The molecule has 4 heteroatoms. The van der Waals surface area contributed by atoms with Gasteiger partial charge in [-0.25, -0.2) is 0 Å². The van der Waals surface area contributed by atoms with Gasteiger partial charge in [0.15, 0.2) is 11.6 Å². The summed E-state index contributed by atoms with van der Waals surface area (Å²) in [6, 6.07) is 20.9. The van der Waals surface area contributed by atoms with Gasteiger partial charge in [-0.3, -0.25) is 19.3 Å². The molecule has 26 heavy (non-hydrogen) atoms. The quantitative estimate of drug-likeness (QED) is 0.550. The Morgan fingerprint density at radius 1 is 0.692 bits per heavy atom. The second-order valence-electron chi connectivity index (χ2n) is 6.09. The van der Waals surface area contributed by atoms with Crippen LogP contribution >= 0.6 is 0 Å². The number of carbonyl (C=O) groups excluding carboxylic acids is 3. The average molecular weight is 341 g/mol. The fourth-order valence-corrected chi connectivity index (χ4v) is 3.38. The van der Waals surface area contributed by atoms with Gasteiger partial charge in [0.2, 0.25) is 5.91 Å². The zero-order valence-corrected chi connectivity index (χ0v) is 14.1. The molecule has 0 N–H and O–H groups in total. The lowest BCUT2D eigenvalue weighted by Crippen LogP contribution is -2.28. The van der Waals surface area contributed by atoms with Crippen LogP contribution in [0.25, 0.3) is 0 Å². The van der Waals surface area contributed by atoms with Crippen molar-refractivity contribution in [2.45, 2.75) is 6.92 Å². The molecule has 0 heterocycles. The number of fused-ring (bicyclic) bond motifs is 2. The Morgan fingerprint density at radius 2 is 1.27 bits per heavy atom. The van der Waals surface area contributed by atoms with Crippen LogP contribution in [0.4, 0.5) is 11.4 Å².